The molecule has 0 spiro atoms. The van der Waals surface area contributed by atoms with Gasteiger partial charge in [0.15, 0.2) is 0 Å². The fraction of sp³-hybridized carbons (Fsp3) is 0.467. The predicted molar refractivity (Wildman–Crippen MR) is 72.1 cm³/mol. The van der Waals surface area contributed by atoms with E-state index in [4.69, 9.17) is 11.2 Å². The molecule has 0 saturated carbocycles. The second kappa shape index (κ2) is 7.73. The molecule has 1 N–H and O–H groups in total. The number of methoxy groups -OCH3 is 1. The summed E-state index contributed by atoms with van der Waals surface area (Å²) < 4.78 is 18.7. The van der Waals surface area contributed by atoms with Crippen LogP contribution in [-0.4, -0.2) is 13.7 Å². The van der Waals surface area contributed by atoms with Crippen molar-refractivity contribution < 1.29 is 9.13 Å². The maximum absolute atomic E-state index is 13.8. The molecule has 0 amide bonds. The fourth-order valence-electron chi connectivity index (χ4n) is 1.77. The number of benzene rings is 1. The van der Waals surface area contributed by atoms with Crippen LogP contribution < -0.4 is 10.1 Å². The summed E-state index contributed by atoms with van der Waals surface area (Å²) in [7, 11) is 1.53. The van der Waals surface area contributed by atoms with Crippen molar-refractivity contribution in [2.24, 2.45) is 0 Å². The molecule has 98 valence electrons. The van der Waals surface area contributed by atoms with Crippen LogP contribution in [0.2, 0.25) is 0 Å². The summed E-state index contributed by atoms with van der Waals surface area (Å²) in [5.74, 6) is 2.91. The molecule has 2 nitrogen and oxygen atoms in total. The molecular weight excluding hydrogens is 229 g/mol. The van der Waals surface area contributed by atoms with Crippen LogP contribution in [0.1, 0.15) is 37.8 Å². The second-order valence-corrected chi connectivity index (χ2v) is 4.22. The number of rotatable bonds is 7. The summed E-state index contributed by atoms with van der Waals surface area (Å²) in [5, 5.41) is 3.29. The van der Waals surface area contributed by atoms with Crippen LogP contribution >= 0.6 is 0 Å². The first-order chi connectivity index (χ1) is 8.69. The van der Waals surface area contributed by atoms with E-state index < -0.39 is 0 Å². The summed E-state index contributed by atoms with van der Waals surface area (Å²) in [5.41, 5.74) is 0.660. The largest absolute Gasteiger partial charge is 0.497 e. The predicted octanol–water partition coefficient (Wildman–Crippen LogP) is 3.29. The Morgan fingerprint density at radius 2 is 2.22 bits per heavy atom. The molecule has 0 saturated heterocycles. The van der Waals surface area contributed by atoms with Gasteiger partial charge in [-0.15, -0.1) is 12.3 Å². The SMILES string of the molecule is C#CCCCCNC(C)c1ccc(OC)cc1F. The lowest BCUT2D eigenvalue weighted by Gasteiger charge is -2.15. The number of unbranched alkanes of at least 4 members (excludes halogenated alkanes) is 2. The zero-order chi connectivity index (χ0) is 13.4. The zero-order valence-corrected chi connectivity index (χ0v) is 11.0. The van der Waals surface area contributed by atoms with Gasteiger partial charge in [-0.2, -0.15) is 0 Å². The Bertz CT molecular complexity index is 411. The number of halogens is 1. The normalized spacial score (nSPS) is 11.9. The zero-order valence-electron chi connectivity index (χ0n) is 11.0. The van der Waals surface area contributed by atoms with E-state index in [1.54, 1.807) is 12.1 Å². The van der Waals surface area contributed by atoms with Crippen molar-refractivity contribution >= 4 is 0 Å². The maximum Gasteiger partial charge on any atom is 0.131 e. The van der Waals surface area contributed by atoms with Gasteiger partial charge in [0.25, 0.3) is 0 Å². The van der Waals surface area contributed by atoms with E-state index in [0.717, 1.165) is 25.8 Å². The van der Waals surface area contributed by atoms with Gasteiger partial charge in [-0.05, 0) is 32.4 Å². The lowest BCUT2D eigenvalue weighted by atomic mass is 10.1. The highest BCUT2D eigenvalue weighted by Crippen LogP contribution is 2.21. The van der Waals surface area contributed by atoms with Crippen LogP contribution in [0.3, 0.4) is 0 Å². The van der Waals surface area contributed by atoms with Crippen LogP contribution in [0.4, 0.5) is 4.39 Å². The third-order valence-electron chi connectivity index (χ3n) is 2.87. The summed E-state index contributed by atoms with van der Waals surface area (Å²) in [6.45, 7) is 2.79. The molecule has 18 heavy (non-hydrogen) atoms. The number of ether oxygens (including phenoxy) is 1. The first-order valence-electron chi connectivity index (χ1n) is 6.19. The van der Waals surface area contributed by atoms with Crippen molar-refractivity contribution in [3.63, 3.8) is 0 Å². The number of hydrogen-bond acceptors (Lipinski definition) is 2. The Balaban J connectivity index is 2.46. The monoisotopic (exact) mass is 249 g/mol. The molecule has 0 aliphatic carbocycles. The quantitative estimate of drug-likeness (QED) is 0.591. The van der Waals surface area contributed by atoms with Crippen LogP contribution in [0.5, 0.6) is 5.75 Å². The van der Waals surface area contributed by atoms with Gasteiger partial charge in [0, 0.05) is 24.1 Å². The van der Waals surface area contributed by atoms with Gasteiger partial charge in [-0.3, -0.25) is 0 Å². The van der Waals surface area contributed by atoms with Crippen molar-refractivity contribution in [2.75, 3.05) is 13.7 Å². The molecule has 1 unspecified atom stereocenters. The minimum Gasteiger partial charge on any atom is -0.497 e. The van der Waals surface area contributed by atoms with E-state index in [1.807, 2.05) is 6.92 Å². The molecule has 1 rings (SSSR count). The summed E-state index contributed by atoms with van der Waals surface area (Å²) >= 11 is 0. The fourth-order valence-corrected chi connectivity index (χ4v) is 1.77. The van der Waals surface area contributed by atoms with E-state index in [2.05, 4.69) is 11.2 Å². The molecular formula is C15H20FNO. The van der Waals surface area contributed by atoms with Gasteiger partial charge in [0.05, 0.1) is 7.11 Å². The Morgan fingerprint density at radius 3 is 2.83 bits per heavy atom. The molecule has 0 fully saturated rings. The van der Waals surface area contributed by atoms with Gasteiger partial charge in [-0.25, -0.2) is 4.39 Å². The molecule has 1 atom stereocenters. The topological polar surface area (TPSA) is 21.3 Å². The van der Waals surface area contributed by atoms with E-state index in [1.165, 1.54) is 13.2 Å². The van der Waals surface area contributed by atoms with Gasteiger partial charge in [0.2, 0.25) is 0 Å². The van der Waals surface area contributed by atoms with E-state index in [-0.39, 0.29) is 11.9 Å². The minimum absolute atomic E-state index is 0.0123. The van der Waals surface area contributed by atoms with Crippen LogP contribution in [0.25, 0.3) is 0 Å². The Kier molecular flexibility index (Phi) is 6.24. The van der Waals surface area contributed by atoms with Gasteiger partial charge in [-0.1, -0.05) is 6.07 Å². The van der Waals surface area contributed by atoms with Crippen molar-refractivity contribution in [1.82, 2.24) is 5.32 Å². The van der Waals surface area contributed by atoms with E-state index >= 15 is 0 Å². The van der Waals surface area contributed by atoms with Crippen molar-refractivity contribution in [3.8, 4) is 18.1 Å². The minimum atomic E-state index is -0.238. The number of nitrogens with one attached hydrogen (secondary N) is 1. The van der Waals surface area contributed by atoms with E-state index in [0.29, 0.717) is 11.3 Å². The van der Waals surface area contributed by atoms with E-state index in [9.17, 15) is 4.39 Å². The average Bonchev–Trinajstić information content (AvgIpc) is 2.38. The molecule has 0 aromatic heterocycles. The van der Waals surface area contributed by atoms with Crippen molar-refractivity contribution in [2.45, 2.75) is 32.2 Å². The maximum atomic E-state index is 13.8. The highest BCUT2D eigenvalue weighted by atomic mass is 19.1. The van der Waals surface area contributed by atoms with Crippen LogP contribution in [-0.2, 0) is 0 Å². The molecule has 0 bridgehead atoms. The smallest absolute Gasteiger partial charge is 0.131 e. The second-order valence-electron chi connectivity index (χ2n) is 4.22. The van der Waals surface area contributed by atoms with Gasteiger partial charge >= 0.3 is 0 Å². The third kappa shape index (κ3) is 4.38. The molecule has 1 aromatic rings. The highest BCUT2D eigenvalue weighted by molar-refractivity contribution is 5.30. The van der Waals surface area contributed by atoms with Crippen molar-refractivity contribution in [3.05, 3.63) is 29.6 Å². The van der Waals surface area contributed by atoms with Crippen LogP contribution in [0.15, 0.2) is 18.2 Å². The van der Waals surface area contributed by atoms with Gasteiger partial charge < -0.3 is 10.1 Å². The molecule has 0 radical (unpaired) electrons. The Labute approximate surface area is 109 Å². The molecule has 0 aliphatic heterocycles. The molecule has 0 heterocycles. The molecule has 1 aromatic carbocycles. The molecule has 3 heteroatoms. The van der Waals surface area contributed by atoms with Gasteiger partial charge in [0.1, 0.15) is 11.6 Å². The lowest BCUT2D eigenvalue weighted by molar-refractivity contribution is 0.409. The highest BCUT2D eigenvalue weighted by Gasteiger charge is 2.10. The summed E-state index contributed by atoms with van der Waals surface area (Å²) in [6.07, 6.45) is 7.98. The summed E-state index contributed by atoms with van der Waals surface area (Å²) in [4.78, 5) is 0. The summed E-state index contributed by atoms with van der Waals surface area (Å²) in [6, 6.07) is 4.93. The first-order valence-corrected chi connectivity index (χ1v) is 6.19. The number of hydrogen-bond donors (Lipinski definition) is 1. The number of terminal acetylenes is 1. The average molecular weight is 249 g/mol. The van der Waals surface area contributed by atoms with Crippen molar-refractivity contribution in [1.29, 1.82) is 0 Å². The first kappa shape index (κ1) is 14.5. The standard InChI is InChI=1S/C15H20FNO/c1-4-5-6-7-10-17-12(2)14-9-8-13(18-3)11-15(14)16/h1,8-9,11-12,17H,5-7,10H2,2-3H3. The third-order valence-corrected chi connectivity index (χ3v) is 2.87. The lowest BCUT2D eigenvalue weighted by Crippen LogP contribution is -2.20. The molecule has 0 aliphatic rings. The van der Waals surface area contributed by atoms with Crippen LogP contribution in [0, 0.1) is 18.2 Å². The Morgan fingerprint density at radius 1 is 1.44 bits per heavy atom. The Hall–Kier alpha value is -1.53.